The molecule has 0 saturated heterocycles. The summed E-state index contributed by atoms with van der Waals surface area (Å²) < 4.78 is 40.6. The van der Waals surface area contributed by atoms with Gasteiger partial charge in [-0.25, -0.2) is 0 Å². The third kappa shape index (κ3) is 6.77. The zero-order valence-corrected chi connectivity index (χ0v) is 41.4. The van der Waals surface area contributed by atoms with Gasteiger partial charge in [-0.15, -0.1) is 0 Å². The normalized spacial score (nSPS) is 16.2. The molecule has 2 aliphatic carbocycles. The number of aromatic nitrogens is 4. The Balaban J connectivity index is 0.924. The molecular weight excluding hydrogens is 1040 g/mol. The topological polar surface area (TPSA) is 36.9 Å². The summed E-state index contributed by atoms with van der Waals surface area (Å²) in [7, 11) is 0. The van der Waals surface area contributed by atoms with E-state index in [0.29, 0.717) is 22.9 Å². The first-order valence-electron chi connectivity index (χ1n) is 25.6. The predicted octanol–water partition coefficient (Wildman–Crippen LogP) is 15.5. The molecule has 70 heavy (non-hydrogen) atoms. The van der Waals surface area contributed by atoms with E-state index < -0.39 is 6.85 Å². The van der Waals surface area contributed by atoms with Crippen molar-refractivity contribution in [2.75, 3.05) is 0 Å². The second kappa shape index (κ2) is 16.4. The van der Waals surface area contributed by atoms with Crippen LogP contribution < -0.4 is 4.74 Å². The molecule has 5 nitrogen and oxygen atoms in total. The average molecular weight is 1090 g/mol. The van der Waals surface area contributed by atoms with E-state index >= 15 is 0 Å². The van der Waals surface area contributed by atoms with E-state index in [-0.39, 0.29) is 16.4 Å². The fourth-order valence-electron chi connectivity index (χ4n) is 11.6. The van der Waals surface area contributed by atoms with Crippen molar-refractivity contribution in [2.45, 2.75) is 64.1 Å². The molecule has 6 heteroatoms. The van der Waals surface area contributed by atoms with Gasteiger partial charge < -0.3 is 0 Å². The van der Waals surface area contributed by atoms with E-state index in [0.717, 1.165) is 73.6 Å². The molecule has 344 valence electrons. The summed E-state index contributed by atoms with van der Waals surface area (Å²) in [5.74, 6) is 1.51. The number of aryl methyl sites for hydroxylation is 3. The quantitative estimate of drug-likeness (QED) is 0.149. The maximum atomic E-state index is 8.69. The number of para-hydroxylation sites is 3. The van der Waals surface area contributed by atoms with Gasteiger partial charge in [0.25, 0.3) is 0 Å². The van der Waals surface area contributed by atoms with E-state index in [4.69, 9.17) is 13.8 Å². The van der Waals surface area contributed by atoms with E-state index in [1.54, 1.807) is 12.3 Å². The van der Waals surface area contributed by atoms with Gasteiger partial charge in [0.2, 0.25) is 0 Å². The summed E-state index contributed by atoms with van der Waals surface area (Å²) in [6.45, 7) is 4.11. The number of hydrogen-bond acceptors (Lipinski definition) is 2. The Morgan fingerprint density at radius 3 is 2.11 bits per heavy atom. The van der Waals surface area contributed by atoms with Gasteiger partial charge in [-0.1, -0.05) is 57.2 Å². The molecule has 8 aromatic carbocycles. The smallest absolute Gasteiger partial charge is 0.0579 e. The fraction of sp³-hybridized carbons (Fsp3) is 0.156. The predicted molar refractivity (Wildman–Crippen MR) is 280 cm³/mol. The first-order chi connectivity index (χ1) is 35.4. The molecule has 0 N–H and O–H groups in total. The van der Waals surface area contributed by atoms with Gasteiger partial charge in [0.05, 0.1) is 0 Å². The van der Waals surface area contributed by atoms with Crippen LogP contribution in [0.4, 0.5) is 0 Å². The van der Waals surface area contributed by atoms with Gasteiger partial charge in [0, 0.05) is 15.9 Å². The summed E-state index contributed by atoms with van der Waals surface area (Å²) >= 11 is 2.52. The molecule has 0 aliphatic heterocycles. The Labute approximate surface area is 423 Å². The Bertz CT molecular complexity index is 4060. The minimum Gasteiger partial charge on any atom is -0.0579 e. The maximum absolute atomic E-state index is 8.69. The zero-order valence-electron chi connectivity index (χ0n) is 42.2. The minimum atomic E-state index is -2.40. The van der Waals surface area contributed by atoms with Crippen molar-refractivity contribution in [3.63, 3.8) is 0 Å². The first kappa shape index (κ1) is 39.5. The Morgan fingerprint density at radius 1 is 0.614 bits per heavy atom. The van der Waals surface area contributed by atoms with Crippen LogP contribution in [0.3, 0.4) is 0 Å². The first-order valence-corrected chi connectivity index (χ1v) is 25.3. The number of nitrogens with zero attached hydrogens (tertiary/aromatic N) is 4. The molecule has 3 aromatic heterocycles. The fourth-order valence-corrected chi connectivity index (χ4v) is 12.6. The van der Waals surface area contributed by atoms with E-state index in [1.165, 1.54) is 44.6 Å². The number of ether oxygens (including phenoxy) is 1. The average Bonchev–Trinajstić information content (AvgIpc) is 4.15. The molecule has 11 aromatic rings. The van der Waals surface area contributed by atoms with Crippen molar-refractivity contribution in [3.8, 4) is 50.9 Å². The van der Waals surface area contributed by atoms with Crippen LogP contribution in [-0.4, -0.2) is 18.7 Å². The van der Waals surface area contributed by atoms with Crippen LogP contribution in [0.25, 0.3) is 72.3 Å². The van der Waals surface area contributed by atoms with Crippen LogP contribution in [0.2, 0.25) is 0 Å². The Hall–Kier alpha value is -7.33. The number of rotatable bonds is 7. The number of hydrogen-bond donors (Lipinski definition) is 0. The van der Waals surface area contributed by atoms with E-state index in [9.17, 15) is 0 Å². The van der Waals surface area contributed by atoms with Crippen molar-refractivity contribution in [1.82, 2.24) is 18.7 Å². The third-order valence-electron chi connectivity index (χ3n) is 14.9. The van der Waals surface area contributed by atoms with Crippen molar-refractivity contribution in [2.24, 2.45) is 0 Å². The monoisotopic (exact) mass is 1090 g/mol. The summed E-state index contributed by atoms with van der Waals surface area (Å²) in [6.07, 6.45) is 6.00. The number of benzene rings is 8. The summed E-state index contributed by atoms with van der Waals surface area (Å²) in [5, 5.41) is 1.95. The second-order valence-corrected chi connectivity index (χ2v) is 20.9. The Kier molecular flexibility index (Phi) is 9.25. The third-order valence-corrected chi connectivity index (χ3v) is 15.9. The van der Waals surface area contributed by atoms with Gasteiger partial charge in [-0.3, -0.25) is 0 Å². The summed E-state index contributed by atoms with van der Waals surface area (Å²) in [6, 6.07) is 68.6. The van der Waals surface area contributed by atoms with E-state index in [1.807, 2.05) is 59.2 Å². The molecule has 0 saturated carbocycles. The SMILES string of the molecule is [2H]C([2H])([2H])c1cc(-n2c3[c-]c(Oc4[c-]c(-n5[c](=[Pt])n(-c6c(-c7ccccc7)ccc7c6C6(CCc8ccccc86)CC7)c6ccccc65)ccc4)ccc3c3ccccc32)ncc1-c1ccc(C(C)(C)C)cc1. The van der Waals surface area contributed by atoms with Crippen molar-refractivity contribution >= 4 is 32.8 Å². The Morgan fingerprint density at radius 2 is 1.31 bits per heavy atom. The second-order valence-electron chi connectivity index (χ2n) is 19.9. The molecule has 0 amide bonds. The van der Waals surface area contributed by atoms with Crippen molar-refractivity contribution in [1.29, 1.82) is 0 Å². The molecule has 0 radical (unpaired) electrons. The number of imidazole rings is 1. The molecule has 2 aliphatic rings. The minimum absolute atomic E-state index is 0.0344. The molecule has 0 fully saturated rings. The molecule has 3 heterocycles. The van der Waals surface area contributed by atoms with Crippen molar-refractivity contribution in [3.05, 3.63) is 231 Å². The molecule has 1 atom stereocenters. The molecule has 1 spiro atoms. The van der Waals surface area contributed by atoms with E-state index in [2.05, 4.69) is 177 Å². The zero-order chi connectivity index (χ0) is 49.8. The van der Waals surface area contributed by atoms with Crippen LogP contribution >= 0.6 is 0 Å². The van der Waals surface area contributed by atoms with Crippen LogP contribution in [0.5, 0.6) is 11.5 Å². The molecule has 0 bridgehead atoms. The van der Waals surface area contributed by atoms with Gasteiger partial charge in [0.15, 0.2) is 0 Å². The number of pyridine rings is 1. The van der Waals surface area contributed by atoms with Crippen LogP contribution in [0.15, 0.2) is 182 Å². The summed E-state index contributed by atoms with van der Waals surface area (Å²) in [4.78, 5) is 4.97. The molecular formula is C64H50N4OPt-2. The standard InChI is InChI=1S/C64H50N4O.Pt/c1-42-37-60(65-40-54(42)44-25-28-47(29-26-44)63(2,3)4)68-56-22-11-9-20-52(56)53-32-30-50(39-59(53)68)69-49-19-14-18-48(38-49)66-41-67(58-24-13-12-23-57(58)66)62-51(43-15-6-5-7-16-43)31-27-46-34-36-64(61(46)62)35-33-45-17-8-10-21-55(45)64;/h5-32,37,40H,33-36H2,1-4H3;/q-2;/i1D3;. The van der Waals surface area contributed by atoms with Crippen LogP contribution in [0.1, 0.15) is 71.1 Å². The van der Waals surface area contributed by atoms with Gasteiger partial charge in [0.1, 0.15) is 0 Å². The van der Waals surface area contributed by atoms with Gasteiger partial charge in [-0.2, -0.15) is 0 Å². The molecule has 1 unspecified atom stereocenters. The van der Waals surface area contributed by atoms with Gasteiger partial charge >= 0.3 is 324 Å². The summed E-state index contributed by atoms with van der Waals surface area (Å²) in [5.41, 5.74) is 16.8. The van der Waals surface area contributed by atoms with Crippen molar-refractivity contribution < 1.29 is 28.2 Å². The van der Waals surface area contributed by atoms with Gasteiger partial charge in [-0.05, 0) is 29.0 Å². The molecule has 13 rings (SSSR count). The van der Waals surface area contributed by atoms with Crippen LogP contribution in [0, 0.1) is 22.8 Å². The van der Waals surface area contributed by atoms with Crippen LogP contribution in [-0.2, 0) is 43.0 Å². The number of fused-ring (bicyclic) bond motifs is 8.